The first-order valence-electron chi connectivity index (χ1n) is 6.75. The Morgan fingerprint density at radius 2 is 2.13 bits per heavy atom. The van der Waals surface area contributed by atoms with Crippen molar-refractivity contribution in [1.29, 1.82) is 0 Å². The summed E-state index contributed by atoms with van der Waals surface area (Å²) in [5.41, 5.74) is 1.97. The van der Waals surface area contributed by atoms with E-state index in [1.807, 2.05) is 0 Å². The van der Waals surface area contributed by atoms with Gasteiger partial charge in [-0.05, 0) is 31.2 Å². The molecule has 5 nitrogen and oxygen atoms in total. The van der Waals surface area contributed by atoms with E-state index in [0.717, 1.165) is 5.52 Å². The smallest absolute Gasteiger partial charge is 0.237 e. The van der Waals surface area contributed by atoms with E-state index < -0.39 is 0 Å². The van der Waals surface area contributed by atoms with Crippen LogP contribution in [0.2, 0.25) is 10.0 Å². The number of carbonyl (C=O) groups excluding carboxylic acids is 1. The second kappa shape index (κ2) is 6.78. The van der Waals surface area contributed by atoms with Gasteiger partial charge in [-0.3, -0.25) is 4.79 Å². The van der Waals surface area contributed by atoms with Crippen molar-refractivity contribution in [1.82, 2.24) is 15.0 Å². The second-order valence-corrected chi connectivity index (χ2v) is 7.03. The summed E-state index contributed by atoms with van der Waals surface area (Å²) < 4.78 is 0. The van der Waals surface area contributed by atoms with E-state index in [-0.39, 0.29) is 11.2 Å². The molecule has 0 aliphatic heterocycles. The predicted molar refractivity (Wildman–Crippen MR) is 94.3 cm³/mol. The van der Waals surface area contributed by atoms with Gasteiger partial charge in [-0.1, -0.05) is 41.0 Å². The van der Waals surface area contributed by atoms with Gasteiger partial charge in [0.25, 0.3) is 0 Å². The van der Waals surface area contributed by atoms with Gasteiger partial charge >= 0.3 is 0 Å². The summed E-state index contributed by atoms with van der Waals surface area (Å²) in [6.45, 7) is 1.80. The van der Waals surface area contributed by atoms with Crippen molar-refractivity contribution in [2.75, 3.05) is 5.32 Å². The van der Waals surface area contributed by atoms with E-state index in [1.165, 1.54) is 18.0 Å². The van der Waals surface area contributed by atoms with Gasteiger partial charge in [0.1, 0.15) is 0 Å². The number of amides is 1. The quantitative estimate of drug-likeness (QED) is 0.672. The highest BCUT2D eigenvalue weighted by molar-refractivity contribution is 8.00. The van der Waals surface area contributed by atoms with E-state index in [4.69, 9.17) is 23.2 Å². The van der Waals surface area contributed by atoms with Crippen LogP contribution in [0.4, 0.5) is 5.69 Å². The van der Waals surface area contributed by atoms with Crippen LogP contribution in [0.25, 0.3) is 11.2 Å². The highest BCUT2D eigenvalue weighted by Crippen LogP contribution is 2.25. The molecule has 0 radical (unpaired) electrons. The highest BCUT2D eigenvalue weighted by Gasteiger charge is 2.17. The van der Waals surface area contributed by atoms with E-state index in [1.54, 1.807) is 37.3 Å². The summed E-state index contributed by atoms with van der Waals surface area (Å²) >= 11 is 13.1. The van der Waals surface area contributed by atoms with E-state index >= 15 is 0 Å². The molecule has 3 rings (SSSR count). The lowest BCUT2D eigenvalue weighted by molar-refractivity contribution is -0.115. The van der Waals surface area contributed by atoms with Crippen molar-refractivity contribution >= 4 is 57.7 Å². The molecular weight excluding hydrogens is 355 g/mol. The SMILES string of the molecule is C[C@H](Sc1nc2ncc(Cl)cc2[nH]1)C(=O)Nc1cccc(Cl)c1. The Balaban J connectivity index is 1.69. The molecule has 0 aliphatic carbocycles. The number of hydrogen-bond donors (Lipinski definition) is 2. The minimum absolute atomic E-state index is 0.135. The van der Waals surface area contributed by atoms with Crippen molar-refractivity contribution in [3.05, 3.63) is 46.6 Å². The van der Waals surface area contributed by atoms with Crippen molar-refractivity contribution < 1.29 is 4.79 Å². The van der Waals surface area contributed by atoms with Crippen molar-refractivity contribution in [2.24, 2.45) is 0 Å². The number of anilines is 1. The lowest BCUT2D eigenvalue weighted by atomic mass is 10.3. The molecule has 0 spiro atoms. The van der Waals surface area contributed by atoms with Gasteiger partial charge in [0, 0.05) is 16.9 Å². The molecule has 2 N–H and O–H groups in total. The van der Waals surface area contributed by atoms with E-state index in [2.05, 4.69) is 20.3 Å². The number of halogens is 2. The molecule has 0 fully saturated rings. The summed E-state index contributed by atoms with van der Waals surface area (Å²) in [6, 6.07) is 8.77. The number of aromatic nitrogens is 3. The molecule has 2 heterocycles. The van der Waals surface area contributed by atoms with Gasteiger partial charge in [-0.2, -0.15) is 0 Å². The number of H-pyrrole nitrogens is 1. The molecule has 23 heavy (non-hydrogen) atoms. The standard InChI is InChI=1S/C15H12Cl2N4OS/c1-8(14(22)19-11-4-2-3-9(16)5-11)23-15-20-12-6-10(17)7-18-13(12)21-15/h2-8H,1H3,(H,19,22)(H,18,20,21)/t8-/m0/s1. The van der Waals surface area contributed by atoms with Gasteiger partial charge in [-0.25, -0.2) is 9.97 Å². The fourth-order valence-corrected chi connectivity index (χ4v) is 3.10. The number of carbonyl (C=O) groups is 1. The van der Waals surface area contributed by atoms with Crippen LogP contribution in [0.5, 0.6) is 0 Å². The Hall–Kier alpha value is -1.76. The number of rotatable bonds is 4. The number of benzene rings is 1. The van der Waals surface area contributed by atoms with Gasteiger partial charge in [0.05, 0.1) is 15.8 Å². The van der Waals surface area contributed by atoms with Gasteiger partial charge in [-0.15, -0.1) is 0 Å². The third kappa shape index (κ3) is 3.96. The summed E-state index contributed by atoms with van der Waals surface area (Å²) in [7, 11) is 0. The topological polar surface area (TPSA) is 70.7 Å². The molecule has 2 aromatic heterocycles. The molecule has 1 atom stereocenters. The molecule has 0 saturated heterocycles. The molecular formula is C15H12Cl2N4OS. The Bertz CT molecular complexity index is 868. The number of nitrogens with zero attached hydrogens (tertiary/aromatic N) is 2. The first-order valence-corrected chi connectivity index (χ1v) is 8.39. The Kier molecular flexibility index (Phi) is 4.75. The number of fused-ring (bicyclic) bond motifs is 1. The Morgan fingerprint density at radius 1 is 1.30 bits per heavy atom. The van der Waals surface area contributed by atoms with E-state index in [9.17, 15) is 4.79 Å². The van der Waals surface area contributed by atoms with Gasteiger partial charge in [0.2, 0.25) is 5.91 Å². The Morgan fingerprint density at radius 3 is 2.91 bits per heavy atom. The predicted octanol–water partition coefficient (Wildman–Crippen LogP) is 4.38. The summed E-state index contributed by atoms with van der Waals surface area (Å²) in [6.07, 6.45) is 1.54. The molecule has 0 unspecified atom stereocenters. The number of aromatic amines is 1. The number of nitrogens with one attached hydrogen (secondary N) is 2. The van der Waals surface area contributed by atoms with E-state index in [0.29, 0.717) is 26.5 Å². The first-order chi connectivity index (χ1) is 11.0. The minimum atomic E-state index is -0.343. The van der Waals surface area contributed by atoms with Crippen LogP contribution < -0.4 is 5.32 Å². The fourth-order valence-electron chi connectivity index (χ4n) is 1.94. The molecule has 1 amide bonds. The monoisotopic (exact) mass is 366 g/mol. The zero-order valence-electron chi connectivity index (χ0n) is 12.0. The van der Waals surface area contributed by atoms with Crippen molar-refractivity contribution in [3.8, 4) is 0 Å². The van der Waals surface area contributed by atoms with Crippen LogP contribution in [0.3, 0.4) is 0 Å². The van der Waals surface area contributed by atoms with Gasteiger partial charge in [0.15, 0.2) is 10.8 Å². The lowest BCUT2D eigenvalue weighted by Crippen LogP contribution is -2.22. The number of imidazole rings is 1. The second-order valence-electron chi connectivity index (χ2n) is 4.83. The number of hydrogen-bond acceptors (Lipinski definition) is 4. The molecule has 118 valence electrons. The average molecular weight is 367 g/mol. The number of pyridine rings is 1. The molecule has 0 aliphatic rings. The van der Waals surface area contributed by atoms with Crippen LogP contribution in [-0.4, -0.2) is 26.1 Å². The molecule has 1 aromatic carbocycles. The van der Waals surface area contributed by atoms with Crippen LogP contribution in [-0.2, 0) is 4.79 Å². The van der Waals surface area contributed by atoms with Crippen molar-refractivity contribution in [2.45, 2.75) is 17.3 Å². The van der Waals surface area contributed by atoms with Crippen LogP contribution in [0.1, 0.15) is 6.92 Å². The largest absolute Gasteiger partial charge is 0.331 e. The summed E-state index contributed by atoms with van der Waals surface area (Å²) in [4.78, 5) is 23.8. The molecule has 3 aromatic rings. The van der Waals surface area contributed by atoms with Crippen molar-refractivity contribution in [3.63, 3.8) is 0 Å². The zero-order chi connectivity index (χ0) is 16.4. The van der Waals surface area contributed by atoms with Crippen LogP contribution in [0.15, 0.2) is 41.7 Å². The fraction of sp³-hybridized carbons (Fsp3) is 0.133. The van der Waals surface area contributed by atoms with Gasteiger partial charge < -0.3 is 10.3 Å². The number of thioether (sulfide) groups is 1. The summed E-state index contributed by atoms with van der Waals surface area (Å²) in [5.74, 6) is -0.135. The zero-order valence-corrected chi connectivity index (χ0v) is 14.3. The minimum Gasteiger partial charge on any atom is -0.331 e. The maximum Gasteiger partial charge on any atom is 0.237 e. The van der Waals surface area contributed by atoms with Crippen LogP contribution in [0, 0.1) is 0 Å². The summed E-state index contributed by atoms with van der Waals surface area (Å²) in [5, 5.41) is 4.20. The average Bonchev–Trinajstić information content (AvgIpc) is 2.88. The normalized spacial score (nSPS) is 12.3. The lowest BCUT2D eigenvalue weighted by Gasteiger charge is -2.10. The highest BCUT2D eigenvalue weighted by atomic mass is 35.5. The third-order valence-corrected chi connectivity index (χ3v) is 4.46. The maximum absolute atomic E-state index is 12.2. The first kappa shape index (κ1) is 16.1. The molecule has 0 saturated carbocycles. The Labute approximate surface area is 146 Å². The third-order valence-electron chi connectivity index (χ3n) is 3.03. The maximum atomic E-state index is 12.2. The molecule has 0 bridgehead atoms. The molecule has 8 heteroatoms. The van der Waals surface area contributed by atoms with Crippen LogP contribution >= 0.6 is 35.0 Å².